The van der Waals surface area contributed by atoms with Gasteiger partial charge in [0.25, 0.3) is 0 Å². The summed E-state index contributed by atoms with van der Waals surface area (Å²) in [7, 11) is 0. The monoisotopic (exact) mass is 351 g/mol. The van der Waals surface area contributed by atoms with Crippen LogP contribution in [-0.4, -0.2) is 65.3 Å². The number of hydrogen-bond acceptors (Lipinski definition) is 4. The zero-order valence-electron chi connectivity index (χ0n) is 15.6. The molecule has 2 saturated carbocycles. The van der Waals surface area contributed by atoms with Crippen molar-refractivity contribution < 1.29 is 14.3 Å². The molecule has 0 N–H and O–H groups in total. The number of carbonyl (C=O) groups is 2. The van der Waals surface area contributed by atoms with Crippen LogP contribution in [0.2, 0.25) is 0 Å². The molecule has 0 aromatic rings. The molecule has 2 amide bonds. The van der Waals surface area contributed by atoms with Gasteiger partial charge in [0, 0.05) is 12.1 Å². The van der Waals surface area contributed by atoms with Gasteiger partial charge < -0.3 is 14.5 Å². The van der Waals surface area contributed by atoms with Crippen LogP contribution in [-0.2, 0) is 9.53 Å². The van der Waals surface area contributed by atoms with Gasteiger partial charge in [-0.25, -0.2) is 4.79 Å². The lowest BCUT2D eigenvalue weighted by molar-refractivity contribution is -0.146. The molecule has 3 rings (SSSR count). The highest BCUT2D eigenvalue weighted by Gasteiger charge is 2.39. The minimum absolute atomic E-state index is 0.191. The molecule has 0 aromatic heterocycles. The molecule has 0 bridgehead atoms. The van der Waals surface area contributed by atoms with Gasteiger partial charge in [-0.1, -0.05) is 38.5 Å². The van der Waals surface area contributed by atoms with E-state index in [-0.39, 0.29) is 18.5 Å². The Kier molecular flexibility index (Phi) is 6.57. The van der Waals surface area contributed by atoms with Crippen molar-refractivity contribution in [3.63, 3.8) is 0 Å². The van der Waals surface area contributed by atoms with Crippen molar-refractivity contribution in [2.24, 2.45) is 0 Å². The van der Waals surface area contributed by atoms with Crippen molar-refractivity contribution in [2.75, 3.05) is 26.5 Å². The van der Waals surface area contributed by atoms with Gasteiger partial charge >= 0.3 is 12.0 Å². The highest BCUT2D eigenvalue weighted by Crippen LogP contribution is 2.29. The number of ether oxygens (including phenoxy) is 1. The number of urea groups is 1. The Labute approximate surface area is 151 Å². The van der Waals surface area contributed by atoms with E-state index in [0.717, 1.165) is 25.7 Å². The molecule has 1 aliphatic heterocycles. The van der Waals surface area contributed by atoms with Crippen molar-refractivity contribution >= 4 is 12.0 Å². The molecule has 0 radical (unpaired) electrons. The third-order valence-corrected chi connectivity index (χ3v) is 5.89. The van der Waals surface area contributed by atoms with Crippen LogP contribution in [0, 0.1) is 0 Å². The third-order valence-electron chi connectivity index (χ3n) is 5.89. The lowest BCUT2D eigenvalue weighted by atomic mass is 9.93. The molecular weight excluding hydrogens is 318 g/mol. The fourth-order valence-electron chi connectivity index (χ4n) is 4.58. The van der Waals surface area contributed by atoms with Crippen LogP contribution in [0.15, 0.2) is 0 Å². The van der Waals surface area contributed by atoms with Crippen molar-refractivity contribution in [3.05, 3.63) is 0 Å². The minimum Gasteiger partial charge on any atom is -0.465 e. The smallest absolute Gasteiger partial charge is 0.322 e. The summed E-state index contributed by atoms with van der Waals surface area (Å²) in [5, 5.41) is 0. The fourth-order valence-corrected chi connectivity index (χ4v) is 4.58. The predicted octanol–water partition coefficient (Wildman–Crippen LogP) is 3.17. The Balaban J connectivity index is 1.71. The van der Waals surface area contributed by atoms with Gasteiger partial charge in [0.15, 0.2) is 0 Å². The topological polar surface area (TPSA) is 53.1 Å². The summed E-state index contributed by atoms with van der Waals surface area (Å²) < 4.78 is 5.13. The lowest BCUT2D eigenvalue weighted by Gasteiger charge is -2.48. The maximum absolute atomic E-state index is 13.2. The normalized spacial score (nSPS) is 24.6. The first-order valence-electron chi connectivity index (χ1n) is 10.1. The van der Waals surface area contributed by atoms with Crippen LogP contribution >= 0.6 is 0 Å². The van der Waals surface area contributed by atoms with Gasteiger partial charge in [0.2, 0.25) is 0 Å². The lowest BCUT2D eigenvalue weighted by Crippen LogP contribution is -2.63. The molecule has 6 nitrogen and oxygen atoms in total. The first-order chi connectivity index (χ1) is 12.2. The van der Waals surface area contributed by atoms with Crippen LogP contribution in [0.25, 0.3) is 0 Å². The molecule has 0 atom stereocenters. The van der Waals surface area contributed by atoms with E-state index in [1.54, 1.807) is 0 Å². The number of amides is 2. The molecular formula is C19H33N3O3. The maximum atomic E-state index is 13.2. The Morgan fingerprint density at radius 3 is 1.84 bits per heavy atom. The van der Waals surface area contributed by atoms with E-state index < -0.39 is 0 Å². The quantitative estimate of drug-likeness (QED) is 0.714. The average molecular weight is 351 g/mol. The van der Waals surface area contributed by atoms with E-state index in [2.05, 4.69) is 4.90 Å². The predicted molar refractivity (Wildman–Crippen MR) is 95.9 cm³/mol. The fraction of sp³-hybridized carbons (Fsp3) is 0.895. The summed E-state index contributed by atoms with van der Waals surface area (Å²) >= 11 is 0. The van der Waals surface area contributed by atoms with Gasteiger partial charge in [-0.15, -0.1) is 0 Å². The molecule has 142 valence electrons. The second-order valence-electron chi connectivity index (χ2n) is 7.72. The van der Waals surface area contributed by atoms with Crippen LogP contribution < -0.4 is 0 Å². The first-order valence-corrected chi connectivity index (χ1v) is 10.1. The molecule has 0 unspecified atom stereocenters. The largest absolute Gasteiger partial charge is 0.465 e. The van der Waals surface area contributed by atoms with E-state index in [9.17, 15) is 9.59 Å². The summed E-state index contributed by atoms with van der Waals surface area (Å²) in [6.07, 6.45) is 11.7. The molecule has 2 aliphatic carbocycles. The molecule has 3 fully saturated rings. The Morgan fingerprint density at radius 2 is 1.40 bits per heavy atom. The summed E-state index contributed by atoms with van der Waals surface area (Å²) in [6.45, 7) is 3.63. The van der Waals surface area contributed by atoms with E-state index in [0.29, 0.717) is 32.0 Å². The third kappa shape index (κ3) is 4.66. The van der Waals surface area contributed by atoms with E-state index >= 15 is 0 Å². The number of carbonyl (C=O) groups excluding carboxylic acids is 2. The van der Waals surface area contributed by atoms with Crippen LogP contribution in [0.5, 0.6) is 0 Å². The second-order valence-corrected chi connectivity index (χ2v) is 7.72. The molecule has 1 saturated heterocycles. The summed E-state index contributed by atoms with van der Waals surface area (Å²) in [6, 6.07) is 0.855. The molecule has 1 heterocycles. The molecule has 3 aliphatic rings. The van der Waals surface area contributed by atoms with Crippen LogP contribution in [0.4, 0.5) is 4.79 Å². The van der Waals surface area contributed by atoms with Gasteiger partial charge in [-0.05, 0) is 32.6 Å². The summed E-state index contributed by atoms with van der Waals surface area (Å²) in [4.78, 5) is 31.3. The Hall–Kier alpha value is -1.30. The number of nitrogens with zero attached hydrogens (tertiary/aromatic N) is 3. The van der Waals surface area contributed by atoms with Crippen molar-refractivity contribution in [2.45, 2.75) is 83.2 Å². The molecule has 0 spiro atoms. The highest BCUT2D eigenvalue weighted by atomic mass is 16.5. The number of esters is 1. The SMILES string of the molecule is CCOC(=O)CN1CN(C2CCCCC2)C(=O)N(C2CCCCC2)C1. The maximum Gasteiger partial charge on any atom is 0.322 e. The van der Waals surface area contributed by atoms with Crippen LogP contribution in [0.1, 0.15) is 71.1 Å². The molecule has 0 aromatic carbocycles. The Bertz CT molecular complexity index is 429. The van der Waals surface area contributed by atoms with E-state index in [4.69, 9.17) is 4.74 Å². The zero-order valence-corrected chi connectivity index (χ0v) is 15.6. The molecule has 6 heteroatoms. The van der Waals surface area contributed by atoms with Gasteiger partial charge in [-0.2, -0.15) is 0 Å². The summed E-state index contributed by atoms with van der Waals surface area (Å²) in [5.74, 6) is -0.191. The minimum atomic E-state index is -0.191. The number of rotatable bonds is 5. The van der Waals surface area contributed by atoms with Crippen LogP contribution in [0.3, 0.4) is 0 Å². The van der Waals surface area contributed by atoms with E-state index in [1.165, 1.54) is 38.5 Å². The average Bonchev–Trinajstić information content (AvgIpc) is 2.64. The van der Waals surface area contributed by atoms with Gasteiger partial charge in [0.1, 0.15) is 0 Å². The van der Waals surface area contributed by atoms with Gasteiger partial charge in [0.05, 0.1) is 26.5 Å². The first kappa shape index (κ1) is 18.5. The summed E-state index contributed by atoms with van der Waals surface area (Å²) in [5.41, 5.74) is 0. The van der Waals surface area contributed by atoms with Crippen molar-refractivity contribution in [3.8, 4) is 0 Å². The highest BCUT2D eigenvalue weighted by molar-refractivity contribution is 5.76. The van der Waals surface area contributed by atoms with Crippen molar-refractivity contribution in [1.29, 1.82) is 0 Å². The van der Waals surface area contributed by atoms with E-state index in [1.807, 2.05) is 16.7 Å². The zero-order chi connectivity index (χ0) is 17.6. The standard InChI is InChI=1S/C19H33N3O3/c1-2-25-18(23)13-20-14-21(16-9-5-3-6-10-16)19(24)22(15-20)17-11-7-4-8-12-17/h16-17H,2-15H2,1H3. The Morgan fingerprint density at radius 1 is 0.920 bits per heavy atom. The number of hydrogen-bond donors (Lipinski definition) is 0. The molecule has 25 heavy (non-hydrogen) atoms. The second kappa shape index (κ2) is 8.88. The van der Waals surface area contributed by atoms with Crippen molar-refractivity contribution in [1.82, 2.24) is 14.7 Å². The van der Waals surface area contributed by atoms with Gasteiger partial charge in [-0.3, -0.25) is 9.69 Å².